The second-order valence-electron chi connectivity index (χ2n) is 4.72. The highest BCUT2D eigenvalue weighted by molar-refractivity contribution is 5.80. The summed E-state index contributed by atoms with van der Waals surface area (Å²) < 4.78 is 1.70. The Bertz CT molecular complexity index is 526. The Balaban J connectivity index is 1.67. The molecule has 21 heavy (non-hydrogen) atoms. The van der Waals surface area contributed by atoms with Gasteiger partial charge >= 0.3 is 0 Å². The molecule has 2 heterocycles. The van der Waals surface area contributed by atoms with E-state index in [0.717, 1.165) is 25.1 Å². The highest BCUT2D eigenvalue weighted by atomic mass is 16.2. The van der Waals surface area contributed by atoms with E-state index in [1.807, 2.05) is 31.3 Å². The van der Waals surface area contributed by atoms with Crippen molar-refractivity contribution in [2.24, 2.45) is 0 Å². The Morgan fingerprint density at radius 1 is 1.33 bits per heavy atom. The van der Waals surface area contributed by atoms with Crippen LogP contribution in [0.25, 0.3) is 0 Å². The Kier molecular flexibility index (Phi) is 5.75. The van der Waals surface area contributed by atoms with E-state index in [1.165, 1.54) is 0 Å². The number of nitrogens with one attached hydrogen (secondary N) is 2. The predicted octanol–water partition coefficient (Wildman–Crippen LogP) is 1.85. The molecule has 112 valence electrons. The first-order valence-corrected chi connectivity index (χ1v) is 7.22. The molecule has 2 rings (SSSR count). The van der Waals surface area contributed by atoms with Crippen LogP contribution in [-0.4, -0.2) is 33.8 Å². The molecule has 0 aliphatic carbocycles. The normalized spacial score (nSPS) is 11.9. The minimum atomic E-state index is -0.230. The van der Waals surface area contributed by atoms with Crippen molar-refractivity contribution in [2.45, 2.75) is 25.8 Å². The smallest absolute Gasteiger partial charge is 0.244 e. The summed E-state index contributed by atoms with van der Waals surface area (Å²) in [5.74, 6) is 0.0163. The lowest BCUT2D eigenvalue weighted by molar-refractivity contribution is -0.124. The van der Waals surface area contributed by atoms with Crippen LogP contribution < -0.4 is 10.6 Å². The molecule has 0 unspecified atom stereocenters. The van der Waals surface area contributed by atoms with E-state index in [1.54, 1.807) is 23.3 Å². The lowest BCUT2D eigenvalue weighted by Gasteiger charge is -2.15. The molecule has 0 aromatic carbocycles. The van der Waals surface area contributed by atoms with Gasteiger partial charge in [0.2, 0.25) is 5.91 Å². The molecule has 0 radical (unpaired) electrons. The molecule has 2 N–H and O–H groups in total. The number of hydrogen-bond donors (Lipinski definition) is 2. The number of anilines is 1. The number of rotatable bonds is 8. The van der Waals surface area contributed by atoms with Crippen molar-refractivity contribution >= 4 is 11.6 Å². The number of pyridine rings is 1. The molecule has 1 atom stereocenters. The van der Waals surface area contributed by atoms with Gasteiger partial charge in [0, 0.05) is 37.9 Å². The van der Waals surface area contributed by atoms with Gasteiger partial charge in [0.15, 0.2) is 0 Å². The second-order valence-corrected chi connectivity index (χ2v) is 4.72. The zero-order chi connectivity index (χ0) is 14.9. The number of carbonyl (C=O) groups excluding carboxylic acids is 1. The van der Waals surface area contributed by atoms with Crippen molar-refractivity contribution < 1.29 is 4.79 Å². The molecular formula is C15H21N5O. The third-order valence-electron chi connectivity index (χ3n) is 3.18. The van der Waals surface area contributed by atoms with Crippen molar-refractivity contribution in [1.29, 1.82) is 0 Å². The topological polar surface area (TPSA) is 71.8 Å². The van der Waals surface area contributed by atoms with Crippen LogP contribution in [-0.2, 0) is 4.79 Å². The van der Waals surface area contributed by atoms with Crippen LogP contribution in [0.3, 0.4) is 0 Å². The van der Waals surface area contributed by atoms with Gasteiger partial charge < -0.3 is 10.6 Å². The molecule has 0 fully saturated rings. The zero-order valence-corrected chi connectivity index (χ0v) is 12.2. The van der Waals surface area contributed by atoms with E-state index in [9.17, 15) is 4.79 Å². The Labute approximate surface area is 124 Å². The van der Waals surface area contributed by atoms with Gasteiger partial charge in [-0.25, -0.2) is 0 Å². The van der Waals surface area contributed by atoms with Crippen LogP contribution in [0.1, 0.15) is 25.8 Å². The number of carbonyl (C=O) groups is 1. The maximum Gasteiger partial charge on any atom is 0.244 e. The summed E-state index contributed by atoms with van der Waals surface area (Å²) in [5.41, 5.74) is 0.992. The van der Waals surface area contributed by atoms with E-state index < -0.39 is 0 Å². The van der Waals surface area contributed by atoms with E-state index >= 15 is 0 Å². The van der Waals surface area contributed by atoms with Crippen LogP contribution in [0, 0.1) is 0 Å². The molecular weight excluding hydrogens is 266 g/mol. The van der Waals surface area contributed by atoms with Gasteiger partial charge in [-0.05, 0) is 31.0 Å². The fraction of sp³-hybridized carbons (Fsp3) is 0.400. The van der Waals surface area contributed by atoms with Gasteiger partial charge in [-0.3, -0.25) is 14.5 Å². The minimum Gasteiger partial charge on any atom is -0.384 e. The largest absolute Gasteiger partial charge is 0.384 e. The highest BCUT2D eigenvalue weighted by Crippen LogP contribution is 2.09. The standard InChI is InChI=1S/C15H21N5O/c1-2-14(20-11-5-10-19-20)15(21)18-9-4-8-17-13-6-3-7-16-12-13/h3,5-7,10-12,14,17H,2,4,8-9H2,1H3,(H,18,21)/t14-/m1/s1. The van der Waals surface area contributed by atoms with Crippen molar-refractivity contribution in [3.63, 3.8) is 0 Å². The number of hydrogen-bond acceptors (Lipinski definition) is 4. The van der Waals surface area contributed by atoms with Gasteiger partial charge in [-0.15, -0.1) is 0 Å². The fourth-order valence-electron chi connectivity index (χ4n) is 2.08. The maximum atomic E-state index is 12.1. The van der Waals surface area contributed by atoms with Gasteiger partial charge in [-0.2, -0.15) is 5.10 Å². The molecule has 2 aromatic heterocycles. The van der Waals surface area contributed by atoms with Crippen LogP contribution in [0.5, 0.6) is 0 Å². The number of amides is 1. The summed E-state index contributed by atoms with van der Waals surface area (Å²) in [6, 6.07) is 5.45. The zero-order valence-electron chi connectivity index (χ0n) is 12.2. The monoisotopic (exact) mass is 287 g/mol. The third kappa shape index (κ3) is 4.59. The van der Waals surface area contributed by atoms with Gasteiger partial charge in [0.05, 0.1) is 5.69 Å². The fourth-order valence-corrected chi connectivity index (χ4v) is 2.08. The predicted molar refractivity (Wildman–Crippen MR) is 81.9 cm³/mol. The highest BCUT2D eigenvalue weighted by Gasteiger charge is 2.17. The Morgan fingerprint density at radius 3 is 2.90 bits per heavy atom. The molecule has 6 heteroatoms. The second kappa shape index (κ2) is 8.04. The first-order valence-electron chi connectivity index (χ1n) is 7.22. The molecule has 0 aliphatic rings. The van der Waals surface area contributed by atoms with Crippen LogP contribution in [0.4, 0.5) is 5.69 Å². The molecule has 2 aromatic rings. The summed E-state index contributed by atoms with van der Waals surface area (Å²) in [6.07, 6.45) is 8.61. The molecule has 0 saturated carbocycles. The van der Waals surface area contributed by atoms with Gasteiger partial charge in [0.1, 0.15) is 6.04 Å². The minimum absolute atomic E-state index is 0.0163. The Hall–Kier alpha value is -2.37. The van der Waals surface area contributed by atoms with Crippen molar-refractivity contribution in [2.75, 3.05) is 18.4 Å². The van der Waals surface area contributed by atoms with Crippen molar-refractivity contribution in [3.8, 4) is 0 Å². The summed E-state index contributed by atoms with van der Waals surface area (Å²) in [7, 11) is 0. The average Bonchev–Trinajstić information content (AvgIpc) is 3.03. The summed E-state index contributed by atoms with van der Waals surface area (Å²) >= 11 is 0. The first kappa shape index (κ1) is 15.0. The lowest BCUT2D eigenvalue weighted by Crippen LogP contribution is -2.33. The number of nitrogens with zero attached hydrogens (tertiary/aromatic N) is 3. The summed E-state index contributed by atoms with van der Waals surface area (Å²) in [6.45, 7) is 3.42. The quantitative estimate of drug-likeness (QED) is 0.727. The average molecular weight is 287 g/mol. The van der Waals surface area contributed by atoms with E-state index in [0.29, 0.717) is 6.54 Å². The SMILES string of the molecule is CC[C@H](C(=O)NCCCNc1cccnc1)n1cccn1. The summed E-state index contributed by atoms with van der Waals surface area (Å²) in [4.78, 5) is 16.1. The van der Waals surface area contributed by atoms with Crippen LogP contribution >= 0.6 is 0 Å². The molecule has 0 bridgehead atoms. The molecule has 1 amide bonds. The molecule has 0 aliphatic heterocycles. The number of aromatic nitrogens is 3. The summed E-state index contributed by atoms with van der Waals surface area (Å²) in [5, 5.41) is 10.3. The van der Waals surface area contributed by atoms with E-state index in [2.05, 4.69) is 20.7 Å². The molecule has 0 saturated heterocycles. The van der Waals surface area contributed by atoms with E-state index in [4.69, 9.17) is 0 Å². The van der Waals surface area contributed by atoms with Gasteiger partial charge in [0.25, 0.3) is 0 Å². The van der Waals surface area contributed by atoms with Crippen LogP contribution in [0.15, 0.2) is 43.0 Å². The van der Waals surface area contributed by atoms with Crippen LogP contribution in [0.2, 0.25) is 0 Å². The molecule has 6 nitrogen and oxygen atoms in total. The first-order chi connectivity index (χ1) is 10.3. The van der Waals surface area contributed by atoms with Crippen molar-refractivity contribution in [1.82, 2.24) is 20.1 Å². The van der Waals surface area contributed by atoms with Crippen molar-refractivity contribution in [3.05, 3.63) is 43.0 Å². The third-order valence-corrected chi connectivity index (χ3v) is 3.18. The van der Waals surface area contributed by atoms with Gasteiger partial charge in [-0.1, -0.05) is 6.92 Å². The molecule has 0 spiro atoms. The Morgan fingerprint density at radius 2 is 2.24 bits per heavy atom. The van der Waals surface area contributed by atoms with E-state index in [-0.39, 0.29) is 11.9 Å². The lowest BCUT2D eigenvalue weighted by atomic mass is 10.2. The maximum absolute atomic E-state index is 12.1.